The fraction of sp³-hybridized carbons (Fsp3) is 0.630. The highest BCUT2D eigenvalue weighted by atomic mass is 19.2. The third-order valence-corrected chi connectivity index (χ3v) is 7.11. The Kier molecular flexibility index (Phi) is 8.14. The minimum atomic E-state index is -0.743. The Labute approximate surface area is 190 Å². The Balaban J connectivity index is 1.37. The van der Waals surface area contributed by atoms with Gasteiger partial charge in [0.2, 0.25) is 0 Å². The summed E-state index contributed by atoms with van der Waals surface area (Å²) in [6, 6.07) is 7.90. The van der Waals surface area contributed by atoms with Crippen molar-refractivity contribution in [3.63, 3.8) is 0 Å². The average molecular weight is 447 g/mol. The lowest BCUT2D eigenvalue weighted by atomic mass is 9.82. The molecule has 3 atom stereocenters. The Morgan fingerprint density at radius 1 is 0.875 bits per heavy atom. The monoisotopic (exact) mass is 446 g/mol. The molecule has 0 amide bonds. The van der Waals surface area contributed by atoms with E-state index in [0.29, 0.717) is 37.2 Å². The summed E-state index contributed by atoms with van der Waals surface area (Å²) < 4.78 is 47.5. The van der Waals surface area contributed by atoms with E-state index in [1.54, 1.807) is 0 Å². The van der Waals surface area contributed by atoms with Gasteiger partial charge in [-0.1, -0.05) is 57.0 Å². The summed E-state index contributed by atoms with van der Waals surface area (Å²) >= 11 is 0. The average Bonchev–Trinajstić information content (AvgIpc) is 2.83. The third kappa shape index (κ3) is 5.32. The van der Waals surface area contributed by atoms with E-state index in [1.165, 1.54) is 5.56 Å². The van der Waals surface area contributed by atoms with E-state index in [2.05, 4.69) is 13.8 Å². The number of benzene rings is 1. The van der Waals surface area contributed by atoms with Gasteiger partial charge in [-0.25, -0.2) is 8.78 Å². The molecule has 3 nitrogen and oxygen atoms in total. The van der Waals surface area contributed by atoms with Crippen LogP contribution in [0.3, 0.4) is 0 Å². The topological polar surface area (TPSA) is 27.7 Å². The number of halogens is 2. The number of ether oxygens (including phenoxy) is 3. The molecule has 2 aliphatic heterocycles. The van der Waals surface area contributed by atoms with Crippen molar-refractivity contribution >= 4 is 5.57 Å². The van der Waals surface area contributed by atoms with Crippen molar-refractivity contribution < 1.29 is 23.0 Å². The lowest BCUT2D eigenvalue weighted by molar-refractivity contribution is -0.209. The molecule has 32 heavy (non-hydrogen) atoms. The van der Waals surface area contributed by atoms with Crippen LogP contribution in [0.5, 0.6) is 0 Å². The van der Waals surface area contributed by atoms with Crippen LogP contribution in [0.1, 0.15) is 75.8 Å². The molecular weight excluding hydrogens is 410 g/mol. The predicted octanol–water partition coefficient (Wildman–Crippen LogP) is 7.09. The van der Waals surface area contributed by atoms with E-state index in [1.807, 2.05) is 30.3 Å². The van der Waals surface area contributed by atoms with Crippen LogP contribution in [0.4, 0.5) is 8.78 Å². The summed E-state index contributed by atoms with van der Waals surface area (Å²) in [5.74, 6) is -1.71. The van der Waals surface area contributed by atoms with Crippen LogP contribution in [0.15, 0.2) is 42.0 Å². The summed E-state index contributed by atoms with van der Waals surface area (Å²) in [7, 11) is 0. The third-order valence-electron chi connectivity index (χ3n) is 7.11. The molecule has 1 aliphatic carbocycles. The second kappa shape index (κ2) is 11.0. The molecule has 0 spiro atoms. The minimum Gasteiger partial charge on any atom is -0.378 e. The first kappa shape index (κ1) is 23.6. The second-order valence-electron chi connectivity index (χ2n) is 9.41. The molecule has 1 aromatic carbocycles. The lowest BCUT2D eigenvalue weighted by Gasteiger charge is -2.34. The van der Waals surface area contributed by atoms with Crippen LogP contribution >= 0.6 is 0 Å². The first-order valence-electron chi connectivity index (χ1n) is 12.3. The zero-order valence-electron chi connectivity index (χ0n) is 19.3. The largest absolute Gasteiger partial charge is 0.378 e. The molecule has 0 aromatic heterocycles. The van der Waals surface area contributed by atoms with E-state index >= 15 is 8.78 Å². The molecule has 3 unspecified atom stereocenters. The van der Waals surface area contributed by atoms with E-state index in [0.717, 1.165) is 50.7 Å². The molecule has 5 heteroatoms. The normalized spacial score (nSPS) is 31.5. The van der Waals surface area contributed by atoms with E-state index in [9.17, 15) is 0 Å². The fourth-order valence-corrected chi connectivity index (χ4v) is 5.12. The van der Waals surface area contributed by atoms with Gasteiger partial charge in [0, 0.05) is 23.3 Å². The van der Waals surface area contributed by atoms with Crippen LogP contribution in [0.25, 0.3) is 5.57 Å². The van der Waals surface area contributed by atoms with Crippen LogP contribution in [0.2, 0.25) is 0 Å². The molecule has 0 N–H and O–H groups in total. The molecule has 176 valence electrons. The lowest BCUT2D eigenvalue weighted by Crippen LogP contribution is -2.36. The Morgan fingerprint density at radius 2 is 1.59 bits per heavy atom. The Hall–Kier alpha value is -1.56. The molecule has 3 aliphatic rings. The molecule has 0 radical (unpaired) electrons. The fourth-order valence-electron chi connectivity index (χ4n) is 5.12. The van der Waals surface area contributed by atoms with Crippen molar-refractivity contribution in [2.45, 2.75) is 77.1 Å². The van der Waals surface area contributed by atoms with Crippen molar-refractivity contribution in [3.05, 3.63) is 53.1 Å². The van der Waals surface area contributed by atoms with E-state index < -0.39 is 17.6 Å². The molecule has 0 bridgehead atoms. The molecule has 4 rings (SSSR count). The standard InChI is InChI=1S/C27H36F2O3/c1-3-5-22-12-11-20(15-30-22)18-7-9-19(10-8-18)23-13-14-24(27(29)26(23)28)21-16-31-25(6-4-2)32-17-21/h7-10,13,20-22,24-25H,3-6,11-12,14-17H2,1-2H3. The van der Waals surface area contributed by atoms with Crippen LogP contribution < -0.4 is 0 Å². The quantitative estimate of drug-likeness (QED) is 0.447. The SMILES string of the molecule is CCCC1CCC(c2ccc(C3=CCC(C4COC(CCC)OC4)C(F)=C3F)cc2)CO1. The van der Waals surface area contributed by atoms with Crippen molar-refractivity contribution in [1.82, 2.24) is 0 Å². The maximum absolute atomic E-state index is 15.0. The number of rotatable bonds is 7. The molecule has 1 aromatic rings. The van der Waals surface area contributed by atoms with Gasteiger partial charge in [0.25, 0.3) is 0 Å². The predicted molar refractivity (Wildman–Crippen MR) is 122 cm³/mol. The summed E-state index contributed by atoms with van der Waals surface area (Å²) in [5.41, 5.74) is 2.29. The van der Waals surface area contributed by atoms with E-state index in [-0.39, 0.29) is 12.2 Å². The molecule has 0 saturated carbocycles. The van der Waals surface area contributed by atoms with Gasteiger partial charge in [0.05, 0.1) is 25.9 Å². The smallest absolute Gasteiger partial charge is 0.162 e. The van der Waals surface area contributed by atoms with Gasteiger partial charge in [0.15, 0.2) is 12.1 Å². The highest BCUT2D eigenvalue weighted by molar-refractivity contribution is 5.78. The first-order chi connectivity index (χ1) is 15.6. The molecular formula is C27H36F2O3. The highest BCUT2D eigenvalue weighted by Crippen LogP contribution is 2.42. The van der Waals surface area contributed by atoms with Crippen LogP contribution in [0, 0.1) is 11.8 Å². The molecule has 2 heterocycles. The van der Waals surface area contributed by atoms with Gasteiger partial charge in [-0.2, -0.15) is 0 Å². The van der Waals surface area contributed by atoms with Gasteiger partial charge in [-0.05, 0) is 43.2 Å². The van der Waals surface area contributed by atoms with Crippen molar-refractivity contribution in [2.24, 2.45) is 11.8 Å². The molecule has 2 fully saturated rings. The van der Waals surface area contributed by atoms with Gasteiger partial charge >= 0.3 is 0 Å². The van der Waals surface area contributed by atoms with Gasteiger partial charge in [-0.15, -0.1) is 0 Å². The van der Waals surface area contributed by atoms with Gasteiger partial charge in [0.1, 0.15) is 5.83 Å². The Morgan fingerprint density at radius 3 is 2.22 bits per heavy atom. The number of hydrogen-bond donors (Lipinski definition) is 0. The first-order valence-corrected chi connectivity index (χ1v) is 12.3. The zero-order chi connectivity index (χ0) is 22.5. The summed E-state index contributed by atoms with van der Waals surface area (Å²) in [5, 5.41) is 0. The van der Waals surface area contributed by atoms with Crippen molar-refractivity contribution in [2.75, 3.05) is 19.8 Å². The minimum absolute atomic E-state index is 0.156. The van der Waals surface area contributed by atoms with Crippen molar-refractivity contribution in [3.8, 4) is 0 Å². The zero-order valence-corrected chi connectivity index (χ0v) is 19.3. The summed E-state index contributed by atoms with van der Waals surface area (Å²) in [6.45, 7) is 5.82. The summed E-state index contributed by atoms with van der Waals surface area (Å²) in [6.07, 6.45) is 8.73. The second-order valence-corrected chi connectivity index (χ2v) is 9.41. The van der Waals surface area contributed by atoms with Crippen molar-refractivity contribution in [1.29, 1.82) is 0 Å². The van der Waals surface area contributed by atoms with Crippen LogP contribution in [-0.2, 0) is 14.2 Å². The van der Waals surface area contributed by atoms with E-state index in [4.69, 9.17) is 14.2 Å². The van der Waals surface area contributed by atoms with Gasteiger partial charge < -0.3 is 14.2 Å². The maximum Gasteiger partial charge on any atom is 0.162 e. The summed E-state index contributed by atoms with van der Waals surface area (Å²) in [4.78, 5) is 0. The Bertz CT molecular complexity index is 801. The maximum atomic E-state index is 15.0. The number of allylic oxidation sites excluding steroid dienone is 4. The highest BCUT2D eigenvalue weighted by Gasteiger charge is 2.35. The number of hydrogen-bond acceptors (Lipinski definition) is 3. The van der Waals surface area contributed by atoms with Crippen LogP contribution in [-0.4, -0.2) is 32.2 Å². The van der Waals surface area contributed by atoms with Gasteiger partial charge in [-0.3, -0.25) is 0 Å². The molecule has 2 saturated heterocycles.